The second-order valence-electron chi connectivity index (χ2n) is 5.88. The SMILES string of the molecule is CC1(C)CN(c2cccc(F)c2)c2ccc(C(N)=O)nc21. The van der Waals surface area contributed by atoms with Crippen molar-refractivity contribution >= 4 is 17.3 Å². The molecule has 1 aliphatic heterocycles. The van der Waals surface area contributed by atoms with E-state index in [1.54, 1.807) is 12.1 Å². The Balaban J connectivity index is 2.12. The van der Waals surface area contributed by atoms with Gasteiger partial charge in [0.25, 0.3) is 5.91 Å². The number of aromatic nitrogens is 1. The van der Waals surface area contributed by atoms with E-state index in [9.17, 15) is 9.18 Å². The van der Waals surface area contributed by atoms with Crippen LogP contribution in [0.15, 0.2) is 36.4 Å². The van der Waals surface area contributed by atoms with E-state index in [-0.39, 0.29) is 16.9 Å². The van der Waals surface area contributed by atoms with E-state index in [4.69, 9.17) is 5.73 Å². The summed E-state index contributed by atoms with van der Waals surface area (Å²) in [6, 6.07) is 9.88. The van der Waals surface area contributed by atoms with Gasteiger partial charge in [-0.3, -0.25) is 4.79 Å². The summed E-state index contributed by atoms with van der Waals surface area (Å²) in [7, 11) is 0. The minimum absolute atomic E-state index is 0.243. The zero-order valence-corrected chi connectivity index (χ0v) is 11.9. The molecule has 0 fully saturated rings. The van der Waals surface area contributed by atoms with Gasteiger partial charge in [-0.25, -0.2) is 9.37 Å². The monoisotopic (exact) mass is 285 g/mol. The number of nitrogens with two attached hydrogens (primary N) is 1. The van der Waals surface area contributed by atoms with Gasteiger partial charge in [0.1, 0.15) is 11.5 Å². The van der Waals surface area contributed by atoms with Crippen molar-refractivity contribution in [3.8, 4) is 0 Å². The first kappa shape index (κ1) is 13.5. The van der Waals surface area contributed by atoms with Crippen LogP contribution in [0, 0.1) is 5.82 Å². The summed E-state index contributed by atoms with van der Waals surface area (Å²) in [6.07, 6.45) is 0. The molecule has 0 atom stereocenters. The Bertz CT molecular complexity index is 727. The quantitative estimate of drug-likeness (QED) is 0.923. The lowest BCUT2D eigenvalue weighted by atomic mass is 9.91. The molecular weight excluding hydrogens is 269 g/mol. The molecule has 4 nitrogen and oxygen atoms in total. The number of hydrogen-bond donors (Lipinski definition) is 1. The Morgan fingerprint density at radius 3 is 2.76 bits per heavy atom. The second kappa shape index (κ2) is 4.55. The van der Waals surface area contributed by atoms with Crippen molar-refractivity contribution in [2.45, 2.75) is 19.3 Å². The van der Waals surface area contributed by atoms with Crippen LogP contribution in [0.1, 0.15) is 30.0 Å². The molecule has 2 heterocycles. The van der Waals surface area contributed by atoms with E-state index in [2.05, 4.69) is 4.98 Å². The molecule has 0 saturated heterocycles. The number of anilines is 2. The summed E-state index contributed by atoms with van der Waals surface area (Å²) >= 11 is 0. The standard InChI is InChI=1S/C16H16FN3O/c1-16(2)9-20(11-5-3-4-10(17)8-11)13-7-6-12(15(18)21)19-14(13)16/h3-8H,9H2,1-2H3,(H2,18,21). The average Bonchev–Trinajstić information content (AvgIpc) is 2.70. The maximum absolute atomic E-state index is 13.5. The van der Waals surface area contributed by atoms with Crippen molar-refractivity contribution in [1.29, 1.82) is 0 Å². The van der Waals surface area contributed by atoms with Crippen molar-refractivity contribution < 1.29 is 9.18 Å². The predicted molar refractivity (Wildman–Crippen MR) is 79.2 cm³/mol. The number of halogens is 1. The molecule has 0 radical (unpaired) electrons. The third-order valence-electron chi connectivity index (χ3n) is 3.73. The largest absolute Gasteiger partial charge is 0.364 e. The maximum Gasteiger partial charge on any atom is 0.267 e. The third-order valence-corrected chi connectivity index (χ3v) is 3.73. The molecule has 21 heavy (non-hydrogen) atoms. The number of carbonyl (C=O) groups is 1. The Labute approximate surface area is 122 Å². The average molecular weight is 285 g/mol. The zero-order valence-electron chi connectivity index (χ0n) is 11.9. The number of rotatable bonds is 2. The van der Waals surface area contributed by atoms with Crippen LogP contribution in [0.2, 0.25) is 0 Å². The molecule has 1 aromatic carbocycles. The minimum Gasteiger partial charge on any atom is -0.364 e. The predicted octanol–water partition coefficient (Wildman–Crippen LogP) is 2.75. The van der Waals surface area contributed by atoms with Crippen molar-refractivity contribution in [1.82, 2.24) is 4.98 Å². The van der Waals surface area contributed by atoms with Gasteiger partial charge in [0.2, 0.25) is 0 Å². The summed E-state index contributed by atoms with van der Waals surface area (Å²) in [5.74, 6) is -0.821. The number of hydrogen-bond acceptors (Lipinski definition) is 3. The fourth-order valence-corrected chi connectivity index (χ4v) is 2.73. The first-order chi connectivity index (χ1) is 9.88. The number of nitrogens with zero attached hydrogens (tertiary/aromatic N) is 2. The molecular formula is C16H16FN3O. The summed E-state index contributed by atoms with van der Waals surface area (Å²) < 4.78 is 13.5. The highest BCUT2D eigenvalue weighted by molar-refractivity contribution is 5.91. The van der Waals surface area contributed by atoms with E-state index in [0.717, 1.165) is 17.1 Å². The molecule has 0 bridgehead atoms. The molecule has 3 rings (SSSR count). The number of pyridine rings is 1. The van der Waals surface area contributed by atoms with Crippen LogP contribution in [-0.4, -0.2) is 17.4 Å². The summed E-state index contributed by atoms with van der Waals surface area (Å²) in [6.45, 7) is 4.76. The van der Waals surface area contributed by atoms with Gasteiger partial charge in [0, 0.05) is 17.6 Å². The molecule has 0 spiro atoms. The highest BCUT2D eigenvalue weighted by atomic mass is 19.1. The van der Waals surface area contributed by atoms with Gasteiger partial charge < -0.3 is 10.6 Å². The Morgan fingerprint density at radius 2 is 2.10 bits per heavy atom. The lowest BCUT2D eigenvalue weighted by Gasteiger charge is -2.22. The second-order valence-corrected chi connectivity index (χ2v) is 5.88. The molecule has 108 valence electrons. The molecule has 0 aliphatic carbocycles. The van der Waals surface area contributed by atoms with Gasteiger partial charge in [-0.05, 0) is 30.3 Å². The van der Waals surface area contributed by atoms with Crippen LogP contribution in [-0.2, 0) is 5.41 Å². The van der Waals surface area contributed by atoms with E-state index in [1.165, 1.54) is 12.1 Å². The highest BCUT2D eigenvalue weighted by Crippen LogP contribution is 2.43. The summed E-state index contributed by atoms with van der Waals surface area (Å²) in [5.41, 5.74) is 7.77. The topological polar surface area (TPSA) is 59.2 Å². The Morgan fingerprint density at radius 1 is 1.33 bits per heavy atom. The van der Waals surface area contributed by atoms with Crippen molar-refractivity contribution in [2.75, 3.05) is 11.4 Å². The van der Waals surface area contributed by atoms with Crippen molar-refractivity contribution in [2.24, 2.45) is 5.73 Å². The van der Waals surface area contributed by atoms with Crippen LogP contribution in [0.5, 0.6) is 0 Å². The minimum atomic E-state index is -0.544. The molecule has 0 unspecified atom stereocenters. The zero-order chi connectivity index (χ0) is 15.2. The molecule has 2 N–H and O–H groups in total. The van der Waals surface area contributed by atoms with E-state index >= 15 is 0 Å². The molecule has 5 heteroatoms. The smallest absolute Gasteiger partial charge is 0.267 e. The fraction of sp³-hybridized carbons (Fsp3) is 0.250. The number of fused-ring (bicyclic) bond motifs is 1. The van der Waals surface area contributed by atoms with E-state index in [1.807, 2.05) is 30.9 Å². The van der Waals surface area contributed by atoms with Crippen LogP contribution in [0.3, 0.4) is 0 Å². The first-order valence-electron chi connectivity index (χ1n) is 6.73. The van der Waals surface area contributed by atoms with Gasteiger partial charge in [0.05, 0.1) is 11.4 Å². The number of primary amides is 1. The molecule has 1 aromatic heterocycles. The van der Waals surface area contributed by atoms with Gasteiger partial charge in [-0.1, -0.05) is 19.9 Å². The molecule has 1 amide bonds. The normalized spacial score (nSPS) is 15.9. The molecule has 2 aromatic rings. The van der Waals surface area contributed by atoms with Crippen LogP contribution in [0.25, 0.3) is 0 Å². The van der Waals surface area contributed by atoms with Crippen LogP contribution in [0.4, 0.5) is 15.8 Å². The third kappa shape index (κ3) is 2.24. The van der Waals surface area contributed by atoms with Gasteiger partial charge in [-0.2, -0.15) is 0 Å². The molecule has 1 aliphatic rings. The highest BCUT2D eigenvalue weighted by Gasteiger charge is 2.37. The lowest BCUT2D eigenvalue weighted by Crippen LogP contribution is -2.25. The van der Waals surface area contributed by atoms with Crippen molar-refractivity contribution in [3.63, 3.8) is 0 Å². The fourth-order valence-electron chi connectivity index (χ4n) is 2.73. The maximum atomic E-state index is 13.5. The van der Waals surface area contributed by atoms with Gasteiger partial charge in [-0.15, -0.1) is 0 Å². The van der Waals surface area contributed by atoms with Crippen molar-refractivity contribution in [3.05, 3.63) is 53.6 Å². The Hall–Kier alpha value is -2.43. The van der Waals surface area contributed by atoms with Crippen LogP contribution < -0.4 is 10.6 Å². The summed E-state index contributed by atoms with van der Waals surface area (Å²) in [4.78, 5) is 17.7. The Kier molecular flexibility index (Phi) is 2.93. The van der Waals surface area contributed by atoms with Crippen LogP contribution >= 0.6 is 0 Å². The van der Waals surface area contributed by atoms with E-state index in [0.29, 0.717) is 6.54 Å². The number of carbonyl (C=O) groups excluding carboxylic acids is 1. The summed E-state index contributed by atoms with van der Waals surface area (Å²) in [5, 5.41) is 0. The first-order valence-corrected chi connectivity index (χ1v) is 6.73. The number of benzene rings is 1. The molecule has 0 saturated carbocycles. The van der Waals surface area contributed by atoms with Gasteiger partial charge in [0.15, 0.2) is 0 Å². The van der Waals surface area contributed by atoms with Gasteiger partial charge >= 0.3 is 0 Å². The van der Waals surface area contributed by atoms with E-state index < -0.39 is 5.91 Å². The lowest BCUT2D eigenvalue weighted by molar-refractivity contribution is 0.0995. The number of amides is 1.